The Morgan fingerprint density at radius 1 is 1.12 bits per heavy atom. The van der Waals surface area contributed by atoms with E-state index in [0.717, 1.165) is 18.4 Å². The van der Waals surface area contributed by atoms with Gasteiger partial charge in [-0.15, -0.1) is 0 Å². The Morgan fingerprint density at radius 2 is 1.85 bits per heavy atom. The van der Waals surface area contributed by atoms with Gasteiger partial charge in [-0.1, -0.05) is 81.9 Å². The SMILES string of the molecule is C=C[C@H](C#CC#CC[C@@H]1OC(C)(C)O[C@H]1CCCCCCC)OC(=O)/C=C/c1ccccc1. The van der Waals surface area contributed by atoms with Crippen molar-refractivity contribution in [2.75, 3.05) is 0 Å². The van der Waals surface area contributed by atoms with Crippen LogP contribution in [0.15, 0.2) is 49.1 Å². The summed E-state index contributed by atoms with van der Waals surface area (Å²) < 4.78 is 17.4. The van der Waals surface area contributed by atoms with Gasteiger partial charge in [0, 0.05) is 12.5 Å². The van der Waals surface area contributed by atoms with Gasteiger partial charge >= 0.3 is 5.97 Å². The molecular formula is C29H36O4. The van der Waals surface area contributed by atoms with Gasteiger partial charge in [-0.25, -0.2) is 4.79 Å². The summed E-state index contributed by atoms with van der Waals surface area (Å²) in [6.07, 6.45) is 11.5. The minimum atomic E-state index is -0.715. The summed E-state index contributed by atoms with van der Waals surface area (Å²) in [4.78, 5) is 12.0. The molecule has 176 valence electrons. The van der Waals surface area contributed by atoms with Crippen molar-refractivity contribution in [1.29, 1.82) is 0 Å². The van der Waals surface area contributed by atoms with Crippen molar-refractivity contribution in [3.05, 3.63) is 54.6 Å². The van der Waals surface area contributed by atoms with Crippen molar-refractivity contribution in [3.8, 4) is 23.7 Å². The molecule has 0 aliphatic carbocycles. The van der Waals surface area contributed by atoms with Crippen molar-refractivity contribution in [2.45, 2.75) is 89.8 Å². The molecule has 1 saturated heterocycles. The zero-order chi connectivity index (χ0) is 23.9. The minimum absolute atomic E-state index is 0.0576. The van der Waals surface area contributed by atoms with Gasteiger partial charge in [-0.3, -0.25) is 0 Å². The van der Waals surface area contributed by atoms with E-state index in [2.05, 4.69) is 37.2 Å². The number of hydrogen-bond donors (Lipinski definition) is 0. The molecule has 4 nitrogen and oxygen atoms in total. The van der Waals surface area contributed by atoms with Gasteiger partial charge in [0.15, 0.2) is 11.9 Å². The second-order valence-electron chi connectivity index (χ2n) is 8.53. The predicted octanol–water partition coefficient (Wildman–Crippen LogP) is 6.08. The number of hydrogen-bond acceptors (Lipinski definition) is 4. The zero-order valence-corrected chi connectivity index (χ0v) is 20.1. The lowest BCUT2D eigenvalue weighted by molar-refractivity contribution is -0.146. The van der Waals surface area contributed by atoms with Gasteiger partial charge in [0.1, 0.15) is 0 Å². The maximum absolute atomic E-state index is 12.0. The number of unbranched alkanes of at least 4 members (excludes halogenated alkanes) is 4. The van der Waals surface area contributed by atoms with Gasteiger partial charge < -0.3 is 14.2 Å². The largest absolute Gasteiger partial charge is 0.442 e. The highest BCUT2D eigenvalue weighted by molar-refractivity contribution is 5.87. The molecule has 1 aliphatic heterocycles. The second kappa shape index (κ2) is 14.4. The Kier molecular flexibility index (Phi) is 11.5. The van der Waals surface area contributed by atoms with Gasteiger partial charge in [0.25, 0.3) is 0 Å². The quantitative estimate of drug-likeness (QED) is 0.135. The van der Waals surface area contributed by atoms with E-state index >= 15 is 0 Å². The van der Waals surface area contributed by atoms with E-state index in [1.54, 1.807) is 6.08 Å². The molecule has 4 heteroatoms. The zero-order valence-electron chi connectivity index (χ0n) is 20.1. The predicted molar refractivity (Wildman–Crippen MR) is 133 cm³/mol. The van der Waals surface area contributed by atoms with Gasteiger partial charge in [-0.2, -0.15) is 0 Å². The van der Waals surface area contributed by atoms with Crippen molar-refractivity contribution >= 4 is 12.0 Å². The van der Waals surface area contributed by atoms with Gasteiger partial charge in [-0.05, 0) is 55.7 Å². The van der Waals surface area contributed by atoms with E-state index in [9.17, 15) is 4.79 Å². The molecule has 33 heavy (non-hydrogen) atoms. The Bertz CT molecular complexity index is 892. The van der Waals surface area contributed by atoms with Gasteiger partial charge in [0.05, 0.1) is 12.2 Å². The number of carbonyl (C=O) groups is 1. The van der Waals surface area contributed by atoms with Crippen LogP contribution in [0.5, 0.6) is 0 Å². The van der Waals surface area contributed by atoms with Crippen LogP contribution in [0.1, 0.15) is 71.3 Å². The van der Waals surface area contributed by atoms with Crippen LogP contribution < -0.4 is 0 Å². The average Bonchev–Trinajstić information content (AvgIpc) is 3.10. The molecule has 1 aromatic carbocycles. The van der Waals surface area contributed by atoms with Crippen LogP contribution in [0.2, 0.25) is 0 Å². The summed E-state index contributed by atoms with van der Waals surface area (Å²) in [5.41, 5.74) is 0.919. The fraction of sp³-hybridized carbons (Fsp3) is 0.483. The fourth-order valence-corrected chi connectivity index (χ4v) is 3.61. The molecule has 0 bridgehead atoms. The standard InChI is InChI=1S/C29H36O4/c1-5-7-8-9-15-20-26-27(33-29(3,4)32-26)21-16-11-14-19-25(6-2)31-28(30)23-22-24-17-12-10-13-18-24/h6,10,12-13,17-18,22-23,25-27H,2,5,7-9,15,20-21H2,1,3-4H3/b23-22+/t25-,26+,27+/m1/s1. The number of carbonyl (C=O) groups excluding carboxylic acids is 1. The third-order valence-electron chi connectivity index (χ3n) is 5.21. The molecule has 2 rings (SSSR count). The summed E-state index contributed by atoms with van der Waals surface area (Å²) in [6, 6.07) is 9.53. The highest BCUT2D eigenvalue weighted by Crippen LogP contribution is 2.32. The molecule has 0 unspecified atom stereocenters. The molecule has 1 heterocycles. The van der Waals surface area contributed by atoms with E-state index in [4.69, 9.17) is 14.2 Å². The molecule has 1 aliphatic rings. The second-order valence-corrected chi connectivity index (χ2v) is 8.53. The van der Waals surface area contributed by atoms with Crippen LogP contribution in [-0.4, -0.2) is 30.1 Å². The number of rotatable bonds is 11. The first kappa shape index (κ1) is 26.5. The highest BCUT2D eigenvalue weighted by atomic mass is 16.7. The Balaban J connectivity index is 1.82. The third kappa shape index (κ3) is 10.6. The molecule has 0 radical (unpaired) electrons. The summed E-state index contributed by atoms with van der Waals surface area (Å²) in [5.74, 6) is 10.4. The molecule has 0 amide bonds. The first-order valence-electron chi connectivity index (χ1n) is 11.8. The maximum atomic E-state index is 12.0. The molecule has 1 fully saturated rings. The normalized spacial score (nSPS) is 19.7. The van der Waals surface area contributed by atoms with Crippen LogP contribution in [-0.2, 0) is 19.0 Å². The van der Waals surface area contributed by atoms with Crippen LogP contribution in [0, 0.1) is 23.7 Å². The monoisotopic (exact) mass is 448 g/mol. The summed E-state index contributed by atoms with van der Waals surface area (Å²) >= 11 is 0. The molecule has 3 atom stereocenters. The van der Waals surface area contributed by atoms with Crippen LogP contribution in [0.3, 0.4) is 0 Å². The Morgan fingerprint density at radius 3 is 2.58 bits per heavy atom. The number of benzene rings is 1. The summed E-state index contributed by atoms with van der Waals surface area (Å²) in [6.45, 7) is 9.79. The molecule has 0 N–H and O–H groups in total. The summed E-state index contributed by atoms with van der Waals surface area (Å²) in [5, 5.41) is 0. The van der Waals surface area contributed by atoms with E-state index < -0.39 is 17.9 Å². The number of esters is 1. The van der Waals surface area contributed by atoms with Crippen LogP contribution in [0.4, 0.5) is 0 Å². The molecule has 0 spiro atoms. The van der Waals surface area contributed by atoms with Gasteiger partial charge in [0.2, 0.25) is 0 Å². The average molecular weight is 449 g/mol. The van der Waals surface area contributed by atoms with Crippen LogP contribution in [0.25, 0.3) is 6.08 Å². The van der Waals surface area contributed by atoms with Crippen molar-refractivity contribution < 1.29 is 19.0 Å². The molecule has 1 aromatic rings. The Hall–Kier alpha value is -2.79. The lowest BCUT2D eigenvalue weighted by Crippen LogP contribution is -2.21. The van der Waals surface area contributed by atoms with E-state index in [1.165, 1.54) is 37.8 Å². The smallest absolute Gasteiger partial charge is 0.332 e. The third-order valence-corrected chi connectivity index (χ3v) is 5.21. The highest BCUT2D eigenvalue weighted by Gasteiger charge is 2.40. The molecule has 0 saturated carbocycles. The summed E-state index contributed by atoms with van der Waals surface area (Å²) in [7, 11) is 0. The van der Waals surface area contributed by atoms with Crippen LogP contribution >= 0.6 is 0 Å². The lowest BCUT2D eigenvalue weighted by atomic mass is 10.0. The molecular weight excluding hydrogens is 412 g/mol. The van der Waals surface area contributed by atoms with Crippen molar-refractivity contribution in [2.24, 2.45) is 0 Å². The molecule has 0 aromatic heterocycles. The van der Waals surface area contributed by atoms with E-state index in [0.29, 0.717) is 6.42 Å². The minimum Gasteiger partial charge on any atom is -0.442 e. The van der Waals surface area contributed by atoms with Crippen molar-refractivity contribution in [3.63, 3.8) is 0 Å². The number of ether oxygens (including phenoxy) is 3. The van der Waals surface area contributed by atoms with E-state index in [1.807, 2.05) is 44.2 Å². The first-order chi connectivity index (χ1) is 15.9. The topological polar surface area (TPSA) is 44.8 Å². The lowest BCUT2D eigenvalue weighted by Gasteiger charge is -2.16. The van der Waals surface area contributed by atoms with E-state index in [-0.39, 0.29) is 12.2 Å². The van der Waals surface area contributed by atoms with Crippen molar-refractivity contribution in [1.82, 2.24) is 0 Å². The first-order valence-corrected chi connectivity index (χ1v) is 11.8. The maximum Gasteiger partial charge on any atom is 0.332 e. The fourth-order valence-electron chi connectivity index (χ4n) is 3.61. The Labute approximate surface area is 199 Å².